The van der Waals surface area contributed by atoms with Gasteiger partial charge in [-0.3, -0.25) is 4.79 Å². The molecule has 2 bridgehead atoms. The smallest absolute Gasteiger partial charge is 0.197 e. The number of methoxy groups -OCH3 is 2. The zero-order chi connectivity index (χ0) is 17.1. The monoisotopic (exact) mass is 329 g/mol. The van der Waals surface area contributed by atoms with Gasteiger partial charge in [-0.15, -0.1) is 0 Å². The maximum Gasteiger partial charge on any atom is 0.197 e. The highest BCUT2D eigenvalue weighted by Gasteiger charge is 2.56. The van der Waals surface area contributed by atoms with Crippen LogP contribution >= 0.6 is 0 Å². The van der Waals surface area contributed by atoms with E-state index < -0.39 is 0 Å². The molecule has 0 radical (unpaired) electrons. The lowest BCUT2D eigenvalue weighted by Crippen LogP contribution is -2.60. The van der Waals surface area contributed by atoms with E-state index in [1.54, 1.807) is 14.2 Å². The molecule has 5 heteroatoms. The number of likely N-dealkylation sites (tertiary alicyclic amines) is 1. The van der Waals surface area contributed by atoms with Crippen molar-refractivity contribution in [2.24, 2.45) is 5.92 Å². The third kappa shape index (κ3) is 1.88. The molecule has 0 spiro atoms. The fraction of sp³-hybridized carbons (Fsp3) is 0.526. The van der Waals surface area contributed by atoms with Crippen molar-refractivity contribution < 1.29 is 19.4 Å². The third-order valence-corrected chi connectivity index (χ3v) is 6.21. The summed E-state index contributed by atoms with van der Waals surface area (Å²) in [5.74, 6) is 1.32. The average molecular weight is 329 g/mol. The Hall–Kier alpha value is -2.01. The van der Waals surface area contributed by atoms with Crippen molar-refractivity contribution in [2.75, 3.05) is 27.8 Å². The topological polar surface area (TPSA) is 59.0 Å². The van der Waals surface area contributed by atoms with Crippen LogP contribution in [0.4, 0.5) is 0 Å². The fourth-order valence-electron chi connectivity index (χ4n) is 5.03. The second kappa shape index (κ2) is 5.24. The standard InChI is InChI=1S/C19H23NO4/c1-20-7-6-19-10-14(21)16(24-3)9-12(19)13(20)8-11-4-5-15(23-2)18(22)17(11)19/h4-5,9,12-13,22H,6-8,10H2,1-3H3/t12-,13-,19+/m1/s1. The predicted octanol–water partition coefficient (Wildman–Crippen LogP) is 2.02. The number of piperidine rings is 1. The van der Waals surface area contributed by atoms with Crippen molar-refractivity contribution in [1.29, 1.82) is 0 Å². The van der Waals surface area contributed by atoms with Gasteiger partial charge in [-0.2, -0.15) is 0 Å². The summed E-state index contributed by atoms with van der Waals surface area (Å²) in [6.07, 6.45) is 4.08. The Balaban J connectivity index is 1.97. The minimum absolute atomic E-state index is 0.0205. The minimum atomic E-state index is -0.359. The maximum atomic E-state index is 12.6. The molecule has 3 atom stereocenters. The Bertz CT molecular complexity index is 741. The second-order valence-corrected chi connectivity index (χ2v) is 7.17. The zero-order valence-electron chi connectivity index (χ0n) is 14.3. The van der Waals surface area contributed by atoms with Crippen molar-refractivity contribution in [2.45, 2.75) is 30.7 Å². The summed E-state index contributed by atoms with van der Waals surface area (Å²) in [5.41, 5.74) is 1.68. The molecule has 5 nitrogen and oxygen atoms in total. The maximum absolute atomic E-state index is 12.6. The SMILES string of the molecule is COC1=C[C@@H]2[C@H]3Cc4ccc(OC)c(O)c4[C@@]2(CCN3C)CC1=O. The van der Waals surface area contributed by atoms with Gasteiger partial charge >= 0.3 is 0 Å². The van der Waals surface area contributed by atoms with Crippen molar-refractivity contribution in [3.63, 3.8) is 0 Å². The van der Waals surface area contributed by atoms with E-state index in [0.717, 1.165) is 30.5 Å². The van der Waals surface area contributed by atoms with E-state index in [-0.39, 0.29) is 22.9 Å². The Morgan fingerprint density at radius 1 is 1.29 bits per heavy atom. The number of ketones is 1. The number of phenols is 1. The highest BCUT2D eigenvalue weighted by molar-refractivity contribution is 5.96. The number of likely N-dealkylation sites (N-methyl/N-ethyl adjacent to an activating group) is 1. The number of rotatable bonds is 2. The van der Waals surface area contributed by atoms with Gasteiger partial charge in [0.1, 0.15) is 0 Å². The number of benzene rings is 1. The normalized spacial score (nSPS) is 31.8. The number of ether oxygens (including phenoxy) is 2. The van der Waals surface area contributed by atoms with Gasteiger partial charge in [-0.1, -0.05) is 6.07 Å². The lowest BCUT2D eigenvalue weighted by Gasteiger charge is -2.56. The minimum Gasteiger partial charge on any atom is -0.504 e. The molecule has 1 fully saturated rings. The number of aromatic hydroxyl groups is 1. The molecule has 1 saturated heterocycles. The first kappa shape index (κ1) is 15.5. The van der Waals surface area contributed by atoms with Crippen molar-refractivity contribution >= 4 is 5.78 Å². The van der Waals surface area contributed by atoms with Gasteiger partial charge in [0, 0.05) is 29.4 Å². The molecule has 0 saturated carbocycles. The van der Waals surface area contributed by atoms with Crippen LogP contribution < -0.4 is 4.74 Å². The van der Waals surface area contributed by atoms with Crippen LogP contribution in [-0.4, -0.2) is 49.6 Å². The van der Waals surface area contributed by atoms with Gasteiger partial charge in [0.05, 0.1) is 14.2 Å². The fourth-order valence-corrected chi connectivity index (χ4v) is 5.03. The Morgan fingerprint density at radius 2 is 2.08 bits per heavy atom. The van der Waals surface area contributed by atoms with E-state index in [1.807, 2.05) is 18.2 Å². The number of carbonyl (C=O) groups excluding carboxylic acids is 1. The molecule has 1 aromatic carbocycles. The van der Waals surface area contributed by atoms with Crippen molar-refractivity contribution in [1.82, 2.24) is 4.90 Å². The lowest BCUT2D eigenvalue weighted by molar-refractivity contribution is -0.122. The van der Waals surface area contributed by atoms with E-state index in [9.17, 15) is 9.90 Å². The van der Waals surface area contributed by atoms with E-state index in [4.69, 9.17) is 9.47 Å². The number of Topliss-reactive ketones (excluding diaryl/α,β-unsaturated/α-hetero) is 1. The van der Waals surface area contributed by atoms with Gasteiger partial charge in [0.25, 0.3) is 0 Å². The van der Waals surface area contributed by atoms with Gasteiger partial charge in [-0.05, 0) is 44.1 Å². The summed E-state index contributed by atoms with van der Waals surface area (Å²) in [7, 11) is 5.25. The van der Waals surface area contributed by atoms with Crippen LogP contribution in [0.3, 0.4) is 0 Å². The molecule has 2 aliphatic carbocycles. The molecule has 0 unspecified atom stereocenters. The van der Waals surface area contributed by atoms with Gasteiger partial charge in [0.2, 0.25) is 0 Å². The average Bonchev–Trinajstić information content (AvgIpc) is 2.57. The van der Waals surface area contributed by atoms with Crippen molar-refractivity contribution in [3.05, 3.63) is 35.1 Å². The van der Waals surface area contributed by atoms with Gasteiger partial charge in [0.15, 0.2) is 23.0 Å². The van der Waals surface area contributed by atoms with E-state index in [0.29, 0.717) is 24.0 Å². The van der Waals surface area contributed by atoms with Crippen LogP contribution in [0.5, 0.6) is 11.5 Å². The summed E-state index contributed by atoms with van der Waals surface area (Å²) in [6, 6.07) is 4.18. The van der Waals surface area contributed by atoms with E-state index >= 15 is 0 Å². The summed E-state index contributed by atoms with van der Waals surface area (Å²) < 4.78 is 10.6. The summed E-state index contributed by atoms with van der Waals surface area (Å²) in [4.78, 5) is 15.0. The largest absolute Gasteiger partial charge is 0.504 e. The van der Waals surface area contributed by atoms with Crippen molar-refractivity contribution in [3.8, 4) is 11.5 Å². The third-order valence-electron chi connectivity index (χ3n) is 6.21. The molecule has 4 rings (SSSR count). The number of carbonyl (C=O) groups is 1. The number of nitrogens with zero attached hydrogens (tertiary/aromatic N) is 1. The molecule has 1 aromatic rings. The number of hydrogen-bond acceptors (Lipinski definition) is 5. The number of allylic oxidation sites excluding steroid dienone is 1. The highest BCUT2D eigenvalue weighted by Crippen LogP contribution is 2.57. The summed E-state index contributed by atoms with van der Waals surface area (Å²) in [5, 5.41) is 10.9. The van der Waals surface area contributed by atoms with E-state index in [2.05, 4.69) is 11.9 Å². The van der Waals surface area contributed by atoms with Gasteiger partial charge in [-0.25, -0.2) is 0 Å². The molecule has 3 aliphatic rings. The molecule has 1 N–H and O–H groups in total. The number of hydrogen-bond donors (Lipinski definition) is 1. The van der Waals surface area contributed by atoms with Gasteiger partial charge < -0.3 is 19.5 Å². The molecule has 24 heavy (non-hydrogen) atoms. The van der Waals surface area contributed by atoms with Crippen LogP contribution in [0, 0.1) is 5.92 Å². The Kier molecular flexibility index (Phi) is 3.39. The molecule has 1 aliphatic heterocycles. The van der Waals surface area contributed by atoms with Crippen LogP contribution in [0.2, 0.25) is 0 Å². The number of phenolic OH excluding ortho intramolecular Hbond substituents is 1. The highest BCUT2D eigenvalue weighted by atomic mass is 16.5. The second-order valence-electron chi connectivity index (χ2n) is 7.17. The molecular weight excluding hydrogens is 306 g/mol. The quantitative estimate of drug-likeness (QED) is 0.899. The molecule has 0 aromatic heterocycles. The Morgan fingerprint density at radius 3 is 2.79 bits per heavy atom. The Labute approximate surface area is 141 Å². The first-order valence-corrected chi connectivity index (χ1v) is 8.40. The first-order chi connectivity index (χ1) is 11.5. The molecular formula is C19H23NO4. The van der Waals surface area contributed by atoms with Crippen LogP contribution in [0.1, 0.15) is 24.0 Å². The molecule has 0 amide bonds. The van der Waals surface area contributed by atoms with Crippen LogP contribution in [0.15, 0.2) is 24.0 Å². The molecule has 128 valence electrons. The zero-order valence-corrected chi connectivity index (χ0v) is 14.3. The summed E-state index contributed by atoms with van der Waals surface area (Å²) >= 11 is 0. The van der Waals surface area contributed by atoms with E-state index in [1.165, 1.54) is 0 Å². The van der Waals surface area contributed by atoms with Crippen LogP contribution in [-0.2, 0) is 21.4 Å². The lowest BCUT2D eigenvalue weighted by atomic mass is 9.53. The number of fused-ring (bicyclic) bond motifs is 1. The predicted molar refractivity (Wildman–Crippen MR) is 89.3 cm³/mol. The summed E-state index contributed by atoms with van der Waals surface area (Å²) in [6.45, 7) is 0.917. The molecule has 1 heterocycles. The first-order valence-electron chi connectivity index (χ1n) is 8.40. The van der Waals surface area contributed by atoms with Crippen LogP contribution in [0.25, 0.3) is 0 Å².